The van der Waals surface area contributed by atoms with Gasteiger partial charge in [0.1, 0.15) is 0 Å². The SMILES string of the molecule is C=C1CCCC/C1=C(/C)CCCCC. The van der Waals surface area contributed by atoms with Crippen LogP contribution in [0.1, 0.15) is 65.2 Å². The molecule has 0 radical (unpaired) electrons. The number of rotatable bonds is 4. The van der Waals surface area contributed by atoms with Gasteiger partial charge in [-0.3, -0.25) is 0 Å². The minimum atomic E-state index is 1.24. The van der Waals surface area contributed by atoms with Gasteiger partial charge < -0.3 is 0 Å². The van der Waals surface area contributed by atoms with Crippen molar-refractivity contribution in [3.8, 4) is 0 Å². The largest absolute Gasteiger partial charge is 0.0956 e. The lowest BCUT2D eigenvalue weighted by Gasteiger charge is -2.20. The number of hydrogen-bond donors (Lipinski definition) is 0. The van der Waals surface area contributed by atoms with E-state index < -0.39 is 0 Å². The first kappa shape index (κ1) is 11.6. The van der Waals surface area contributed by atoms with Crippen molar-refractivity contribution < 1.29 is 0 Å². The lowest BCUT2D eigenvalue weighted by Crippen LogP contribution is -2.00. The van der Waals surface area contributed by atoms with E-state index in [2.05, 4.69) is 20.4 Å². The van der Waals surface area contributed by atoms with E-state index in [1.165, 1.54) is 56.9 Å². The van der Waals surface area contributed by atoms with Crippen LogP contribution in [0.5, 0.6) is 0 Å². The molecule has 0 nitrogen and oxygen atoms in total. The van der Waals surface area contributed by atoms with E-state index in [0.717, 1.165) is 0 Å². The lowest BCUT2D eigenvalue weighted by molar-refractivity contribution is 0.658. The van der Waals surface area contributed by atoms with E-state index >= 15 is 0 Å². The van der Waals surface area contributed by atoms with Crippen LogP contribution in [0.4, 0.5) is 0 Å². The Morgan fingerprint density at radius 1 is 1.21 bits per heavy atom. The summed E-state index contributed by atoms with van der Waals surface area (Å²) in [6, 6.07) is 0. The molecule has 0 amide bonds. The molecule has 0 aromatic heterocycles. The maximum Gasteiger partial charge on any atom is -0.0277 e. The van der Waals surface area contributed by atoms with Gasteiger partial charge in [0.05, 0.1) is 0 Å². The summed E-state index contributed by atoms with van der Waals surface area (Å²) in [4.78, 5) is 0. The summed E-state index contributed by atoms with van der Waals surface area (Å²) in [6.07, 6.45) is 10.6. The third-order valence-corrected chi connectivity index (χ3v) is 3.25. The van der Waals surface area contributed by atoms with Gasteiger partial charge in [-0.05, 0) is 51.0 Å². The van der Waals surface area contributed by atoms with Crippen LogP contribution in [-0.4, -0.2) is 0 Å². The van der Waals surface area contributed by atoms with E-state index in [1.807, 2.05) is 0 Å². The van der Waals surface area contributed by atoms with Crippen molar-refractivity contribution in [2.24, 2.45) is 0 Å². The Bertz CT molecular complexity index is 220. The predicted octanol–water partition coefficient (Wildman–Crippen LogP) is 5.01. The number of hydrogen-bond acceptors (Lipinski definition) is 0. The summed E-state index contributed by atoms with van der Waals surface area (Å²) < 4.78 is 0. The van der Waals surface area contributed by atoms with Gasteiger partial charge >= 0.3 is 0 Å². The van der Waals surface area contributed by atoms with Crippen molar-refractivity contribution in [2.45, 2.75) is 65.2 Å². The molecule has 0 heterocycles. The van der Waals surface area contributed by atoms with Crippen LogP contribution in [0, 0.1) is 0 Å². The smallest absolute Gasteiger partial charge is 0.0277 e. The highest BCUT2D eigenvalue weighted by Gasteiger charge is 2.11. The van der Waals surface area contributed by atoms with E-state index in [1.54, 1.807) is 11.1 Å². The van der Waals surface area contributed by atoms with Crippen molar-refractivity contribution in [2.75, 3.05) is 0 Å². The van der Waals surface area contributed by atoms with E-state index in [0.29, 0.717) is 0 Å². The second-order valence-electron chi connectivity index (χ2n) is 4.53. The topological polar surface area (TPSA) is 0 Å². The number of unbranched alkanes of at least 4 members (excludes halogenated alkanes) is 2. The molecule has 1 aliphatic rings. The van der Waals surface area contributed by atoms with Crippen molar-refractivity contribution in [3.63, 3.8) is 0 Å². The highest BCUT2D eigenvalue weighted by Crippen LogP contribution is 2.31. The van der Waals surface area contributed by atoms with Gasteiger partial charge in [0, 0.05) is 0 Å². The van der Waals surface area contributed by atoms with Crippen LogP contribution >= 0.6 is 0 Å². The summed E-state index contributed by atoms with van der Waals surface area (Å²) in [5.74, 6) is 0. The molecule has 0 heteroatoms. The van der Waals surface area contributed by atoms with E-state index in [-0.39, 0.29) is 0 Å². The van der Waals surface area contributed by atoms with Gasteiger partial charge in [-0.15, -0.1) is 0 Å². The minimum absolute atomic E-state index is 1.24. The molecule has 0 N–H and O–H groups in total. The molecule has 0 aromatic carbocycles. The van der Waals surface area contributed by atoms with Crippen LogP contribution in [0.25, 0.3) is 0 Å². The van der Waals surface area contributed by atoms with Crippen molar-refractivity contribution >= 4 is 0 Å². The second kappa shape index (κ2) is 6.06. The van der Waals surface area contributed by atoms with Gasteiger partial charge in [-0.2, -0.15) is 0 Å². The molecule has 0 atom stereocenters. The van der Waals surface area contributed by atoms with Crippen molar-refractivity contribution in [1.82, 2.24) is 0 Å². The molecular weight excluding hydrogens is 168 g/mol. The van der Waals surface area contributed by atoms with E-state index in [9.17, 15) is 0 Å². The van der Waals surface area contributed by atoms with Gasteiger partial charge in [-0.25, -0.2) is 0 Å². The number of allylic oxidation sites excluding steroid dienone is 3. The van der Waals surface area contributed by atoms with Gasteiger partial charge in [0.15, 0.2) is 0 Å². The average Bonchev–Trinajstić information content (AvgIpc) is 2.18. The Balaban J connectivity index is 2.47. The molecule has 0 aromatic rings. The van der Waals surface area contributed by atoms with Crippen molar-refractivity contribution in [1.29, 1.82) is 0 Å². The fourth-order valence-electron chi connectivity index (χ4n) is 2.27. The van der Waals surface area contributed by atoms with E-state index in [4.69, 9.17) is 0 Å². The van der Waals surface area contributed by atoms with Crippen LogP contribution in [0.15, 0.2) is 23.3 Å². The summed E-state index contributed by atoms with van der Waals surface area (Å²) in [6.45, 7) is 8.76. The first-order valence-electron chi connectivity index (χ1n) is 6.12. The fraction of sp³-hybridized carbons (Fsp3) is 0.714. The van der Waals surface area contributed by atoms with Gasteiger partial charge in [0.25, 0.3) is 0 Å². The Morgan fingerprint density at radius 3 is 2.57 bits per heavy atom. The second-order valence-corrected chi connectivity index (χ2v) is 4.53. The van der Waals surface area contributed by atoms with Gasteiger partial charge in [0.2, 0.25) is 0 Å². The monoisotopic (exact) mass is 192 g/mol. The Kier molecular flexibility index (Phi) is 5.00. The third kappa shape index (κ3) is 3.32. The van der Waals surface area contributed by atoms with Crippen molar-refractivity contribution in [3.05, 3.63) is 23.3 Å². The highest BCUT2D eigenvalue weighted by atomic mass is 14.2. The molecule has 0 aliphatic heterocycles. The molecule has 0 saturated heterocycles. The Labute approximate surface area is 89.1 Å². The first-order chi connectivity index (χ1) is 6.75. The van der Waals surface area contributed by atoms with Crippen LogP contribution < -0.4 is 0 Å². The maximum atomic E-state index is 4.19. The average molecular weight is 192 g/mol. The lowest BCUT2D eigenvalue weighted by atomic mass is 9.86. The Morgan fingerprint density at radius 2 is 1.93 bits per heavy atom. The minimum Gasteiger partial charge on any atom is -0.0956 e. The Hall–Kier alpha value is -0.520. The molecule has 0 unspecified atom stereocenters. The zero-order valence-corrected chi connectivity index (χ0v) is 9.86. The predicted molar refractivity (Wildman–Crippen MR) is 64.5 cm³/mol. The molecule has 1 aliphatic carbocycles. The quantitative estimate of drug-likeness (QED) is 0.549. The summed E-state index contributed by atoms with van der Waals surface area (Å²) in [5.41, 5.74) is 4.64. The molecule has 1 rings (SSSR count). The molecule has 0 bridgehead atoms. The molecule has 80 valence electrons. The standard InChI is InChI=1S/C14H24/c1-4-5-6-9-12(2)14-11-8-7-10-13(14)3/h3-11H2,1-2H3/b14-12+. The molecular formula is C14H24. The summed E-state index contributed by atoms with van der Waals surface area (Å²) in [5, 5.41) is 0. The fourth-order valence-corrected chi connectivity index (χ4v) is 2.27. The molecule has 1 fully saturated rings. The third-order valence-electron chi connectivity index (χ3n) is 3.25. The van der Waals surface area contributed by atoms with Crippen LogP contribution in [0.3, 0.4) is 0 Å². The van der Waals surface area contributed by atoms with Crippen LogP contribution in [0.2, 0.25) is 0 Å². The van der Waals surface area contributed by atoms with Crippen LogP contribution in [-0.2, 0) is 0 Å². The highest BCUT2D eigenvalue weighted by molar-refractivity contribution is 5.34. The normalized spacial score (nSPS) is 21.1. The summed E-state index contributed by atoms with van der Waals surface area (Å²) in [7, 11) is 0. The maximum absolute atomic E-state index is 4.19. The molecule has 14 heavy (non-hydrogen) atoms. The zero-order valence-electron chi connectivity index (χ0n) is 9.86. The van der Waals surface area contributed by atoms with Gasteiger partial charge in [-0.1, -0.05) is 37.5 Å². The summed E-state index contributed by atoms with van der Waals surface area (Å²) >= 11 is 0. The zero-order chi connectivity index (χ0) is 10.4. The molecule has 1 saturated carbocycles. The molecule has 0 spiro atoms. The first-order valence-corrected chi connectivity index (χ1v) is 6.12.